The smallest absolute Gasteiger partial charge is 0.225 e. The van der Waals surface area contributed by atoms with Crippen molar-refractivity contribution in [3.8, 4) is 5.88 Å². The molecule has 0 amide bonds. The molecule has 0 atom stereocenters. The maximum atomic E-state index is 5.31. The molecule has 1 aromatic rings. The molecule has 18 heavy (non-hydrogen) atoms. The summed E-state index contributed by atoms with van der Waals surface area (Å²) in [6.45, 7) is 5.89. The Hall–Kier alpha value is -1.40. The molecule has 0 fully saturated rings. The van der Waals surface area contributed by atoms with Gasteiger partial charge in [0.1, 0.15) is 0 Å². The maximum absolute atomic E-state index is 5.31. The van der Waals surface area contributed by atoms with E-state index in [0.29, 0.717) is 18.4 Å². The largest absolute Gasteiger partial charge is 0.478 e. The summed E-state index contributed by atoms with van der Waals surface area (Å²) < 4.78 is 10.3. The third-order valence-corrected chi connectivity index (χ3v) is 2.38. The molecular weight excluding hydrogens is 232 g/mol. The molecule has 0 unspecified atom stereocenters. The van der Waals surface area contributed by atoms with E-state index < -0.39 is 0 Å². The van der Waals surface area contributed by atoms with Crippen molar-refractivity contribution < 1.29 is 9.47 Å². The average Bonchev–Trinajstić information content (AvgIpc) is 2.37. The number of hydrogen-bond acceptors (Lipinski definition) is 6. The van der Waals surface area contributed by atoms with Crippen molar-refractivity contribution in [1.82, 2.24) is 14.9 Å². The van der Waals surface area contributed by atoms with E-state index in [1.165, 1.54) is 0 Å². The van der Waals surface area contributed by atoms with Crippen molar-refractivity contribution in [3.63, 3.8) is 0 Å². The SMILES string of the molecule is CCOc1ccnc(NCCN(C)CCOC)n1. The quantitative estimate of drug-likeness (QED) is 0.705. The summed E-state index contributed by atoms with van der Waals surface area (Å²) in [6, 6.07) is 1.75. The van der Waals surface area contributed by atoms with Gasteiger partial charge in [-0.25, -0.2) is 4.98 Å². The molecule has 6 heteroatoms. The molecule has 6 nitrogen and oxygen atoms in total. The van der Waals surface area contributed by atoms with Gasteiger partial charge < -0.3 is 19.7 Å². The maximum Gasteiger partial charge on any atom is 0.225 e. The Balaban J connectivity index is 2.28. The van der Waals surface area contributed by atoms with Gasteiger partial charge in [0, 0.05) is 39.0 Å². The molecule has 0 aliphatic carbocycles. The summed E-state index contributed by atoms with van der Waals surface area (Å²) in [6.07, 6.45) is 1.69. The summed E-state index contributed by atoms with van der Waals surface area (Å²) in [5.41, 5.74) is 0. The number of likely N-dealkylation sites (N-methyl/N-ethyl adjacent to an activating group) is 1. The highest BCUT2D eigenvalue weighted by Gasteiger charge is 2.00. The second-order valence-electron chi connectivity index (χ2n) is 3.87. The third-order valence-electron chi connectivity index (χ3n) is 2.38. The van der Waals surface area contributed by atoms with Crippen LogP contribution in [0, 0.1) is 0 Å². The van der Waals surface area contributed by atoms with Crippen LogP contribution in [0.3, 0.4) is 0 Å². The molecule has 0 aliphatic rings. The zero-order valence-corrected chi connectivity index (χ0v) is 11.3. The van der Waals surface area contributed by atoms with Crippen LogP contribution in [0.4, 0.5) is 5.95 Å². The number of hydrogen-bond donors (Lipinski definition) is 1. The molecule has 0 aliphatic heterocycles. The predicted molar refractivity (Wildman–Crippen MR) is 71.1 cm³/mol. The second kappa shape index (κ2) is 8.66. The molecule has 0 saturated carbocycles. The molecule has 1 N–H and O–H groups in total. The fourth-order valence-electron chi connectivity index (χ4n) is 1.37. The first-order chi connectivity index (χ1) is 8.76. The van der Waals surface area contributed by atoms with Crippen molar-refractivity contribution in [2.45, 2.75) is 6.92 Å². The molecule has 1 rings (SSSR count). The minimum atomic E-state index is 0.598. The van der Waals surface area contributed by atoms with Crippen molar-refractivity contribution in [3.05, 3.63) is 12.3 Å². The Kier molecular flexibility index (Phi) is 7.05. The van der Waals surface area contributed by atoms with Gasteiger partial charge in [-0.1, -0.05) is 0 Å². The van der Waals surface area contributed by atoms with Crippen LogP contribution in [-0.2, 0) is 4.74 Å². The molecule has 0 radical (unpaired) electrons. The summed E-state index contributed by atoms with van der Waals surface area (Å²) in [5.74, 6) is 1.20. The Bertz CT molecular complexity index is 336. The lowest BCUT2D eigenvalue weighted by atomic mass is 10.5. The van der Waals surface area contributed by atoms with Crippen LogP contribution in [0.25, 0.3) is 0 Å². The van der Waals surface area contributed by atoms with Gasteiger partial charge >= 0.3 is 0 Å². The van der Waals surface area contributed by atoms with Crippen LogP contribution in [0.5, 0.6) is 5.88 Å². The Morgan fingerprint density at radius 1 is 1.39 bits per heavy atom. The highest BCUT2D eigenvalue weighted by Crippen LogP contribution is 2.07. The van der Waals surface area contributed by atoms with E-state index in [1.807, 2.05) is 6.92 Å². The van der Waals surface area contributed by atoms with Gasteiger partial charge in [-0.05, 0) is 14.0 Å². The highest BCUT2D eigenvalue weighted by molar-refractivity contribution is 5.27. The highest BCUT2D eigenvalue weighted by atomic mass is 16.5. The Morgan fingerprint density at radius 2 is 2.22 bits per heavy atom. The Morgan fingerprint density at radius 3 is 2.94 bits per heavy atom. The molecule has 102 valence electrons. The molecule has 0 bridgehead atoms. The van der Waals surface area contributed by atoms with Crippen LogP contribution < -0.4 is 10.1 Å². The van der Waals surface area contributed by atoms with Gasteiger partial charge in [0.15, 0.2) is 0 Å². The van der Waals surface area contributed by atoms with Crippen LogP contribution in [0.15, 0.2) is 12.3 Å². The third kappa shape index (κ3) is 5.79. The standard InChI is InChI=1S/C12H22N4O2/c1-4-18-11-5-6-13-12(15-11)14-7-8-16(2)9-10-17-3/h5-6H,4,7-10H2,1-3H3,(H,13,14,15). The normalized spacial score (nSPS) is 10.7. The van der Waals surface area contributed by atoms with E-state index in [-0.39, 0.29) is 0 Å². The molecule has 1 aromatic heterocycles. The first kappa shape index (κ1) is 14.7. The van der Waals surface area contributed by atoms with Gasteiger partial charge in [-0.3, -0.25) is 0 Å². The lowest BCUT2D eigenvalue weighted by molar-refractivity contribution is 0.163. The summed E-state index contributed by atoms with van der Waals surface area (Å²) in [7, 11) is 3.76. The number of methoxy groups -OCH3 is 1. The second-order valence-corrected chi connectivity index (χ2v) is 3.87. The van der Waals surface area contributed by atoms with E-state index in [4.69, 9.17) is 9.47 Å². The number of nitrogens with zero attached hydrogens (tertiary/aromatic N) is 3. The first-order valence-electron chi connectivity index (χ1n) is 6.13. The van der Waals surface area contributed by atoms with E-state index in [1.54, 1.807) is 19.4 Å². The molecule has 0 spiro atoms. The topological polar surface area (TPSA) is 59.5 Å². The van der Waals surface area contributed by atoms with Crippen LogP contribution >= 0.6 is 0 Å². The van der Waals surface area contributed by atoms with Crippen LogP contribution in [0.2, 0.25) is 0 Å². The average molecular weight is 254 g/mol. The van der Waals surface area contributed by atoms with Crippen molar-refractivity contribution in [2.75, 3.05) is 52.3 Å². The van der Waals surface area contributed by atoms with Crippen molar-refractivity contribution >= 4 is 5.95 Å². The lowest BCUT2D eigenvalue weighted by Crippen LogP contribution is -2.28. The summed E-state index contributed by atoms with van der Waals surface area (Å²) in [5, 5.41) is 3.17. The van der Waals surface area contributed by atoms with E-state index >= 15 is 0 Å². The fourth-order valence-corrected chi connectivity index (χ4v) is 1.37. The Labute approximate surface area is 108 Å². The fraction of sp³-hybridized carbons (Fsp3) is 0.667. The van der Waals surface area contributed by atoms with E-state index in [9.17, 15) is 0 Å². The number of anilines is 1. The zero-order chi connectivity index (χ0) is 13.2. The molecule has 0 saturated heterocycles. The number of rotatable bonds is 9. The summed E-state index contributed by atoms with van der Waals surface area (Å²) in [4.78, 5) is 10.6. The number of ether oxygens (including phenoxy) is 2. The van der Waals surface area contributed by atoms with Gasteiger partial charge in [0.05, 0.1) is 13.2 Å². The number of aromatic nitrogens is 2. The van der Waals surface area contributed by atoms with Gasteiger partial charge in [-0.15, -0.1) is 0 Å². The minimum absolute atomic E-state index is 0.598. The number of nitrogens with one attached hydrogen (secondary N) is 1. The molecular formula is C12H22N4O2. The monoisotopic (exact) mass is 254 g/mol. The first-order valence-corrected chi connectivity index (χ1v) is 6.13. The van der Waals surface area contributed by atoms with Crippen molar-refractivity contribution in [2.24, 2.45) is 0 Å². The van der Waals surface area contributed by atoms with Gasteiger partial charge in [0.2, 0.25) is 11.8 Å². The lowest BCUT2D eigenvalue weighted by Gasteiger charge is -2.16. The predicted octanol–water partition coefficient (Wildman–Crippen LogP) is 0.865. The van der Waals surface area contributed by atoms with Crippen LogP contribution in [0.1, 0.15) is 6.92 Å². The molecule has 1 heterocycles. The van der Waals surface area contributed by atoms with Gasteiger partial charge in [-0.2, -0.15) is 4.98 Å². The van der Waals surface area contributed by atoms with E-state index in [2.05, 4.69) is 27.2 Å². The minimum Gasteiger partial charge on any atom is -0.478 e. The van der Waals surface area contributed by atoms with Gasteiger partial charge in [0.25, 0.3) is 0 Å². The van der Waals surface area contributed by atoms with Crippen molar-refractivity contribution in [1.29, 1.82) is 0 Å². The zero-order valence-electron chi connectivity index (χ0n) is 11.3. The van der Waals surface area contributed by atoms with E-state index in [0.717, 1.165) is 26.2 Å². The summed E-state index contributed by atoms with van der Waals surface area (Å²) >= 11 is 0. The molecule has 0 aromatic carbocycles. The van der Waals surface area contributed by atoms with Crippen LogP contribution in [-0.4, -0.2) is 61.9 Å².